The second-order valence-corrected chi connectivity index (χ2v) is 6.71. The molecule has 0 unspecified atom stereocenters. The van der Waals surface area contributed by atoms with E-state index in [1.807, 2.05) is 43.3 Å². The third kappa shape index (κ3) is 2.60. The van der Waals surface area contributed by atoms with Crippen LogP contribution in [0.1, 0.15) is 14.9 Å². The van der Waals surface area contributed by atoms with Crippen LogP contribution in [0.15, 0.2) is 48.5 Å². The molecule has 1 heterocycles. The number of fused-ring (bicyclic) bond motifs is 1. The summed E-state index contributed by atoms with van der Waals surface area (Å²) in [5, 5.41) is 0. The monoisotopic (exact) mass is 317 g/mol. The number of nitrogens with zero attached hydrogens (tertiary/aromatic N) is 1. The Labute approximate surface area is 116 Å². The molecule has 0 bridgehead atoms. The Morgan fingerprint density at radius 2 is 1.95 bits per heavy atom. The van der Waals surface area contributed by atoms with E-state index < -0.39 is 0 Å². The molecule has 0 fully saturated rings. The summed E-state index contributed by atoms with van der Waals surface area (Å²) in [6.45, 7) is 2.02. The number of esters is 1. The molecule has 0 N–H and O–H groups in total. The van der Waals surface area contributed by atoms with Crippen molar-refractivity contribution in [3.8, 4) is 5.75 Å². The molecule has 19 heavy (non-hydrogen) atoms. The molecule has 3 nitrogen and oxygen atoms in total. The maximum atomic E-state index is 11.9. The quantitative estimate of drug-likeness (QED) is 0.415. The second-order valence-electron chi connectivity index (χ2n) is 4.12. The first-order chi connectivity index (χ1) is 9.22. The summed E-state index contributed by atoms with van der Waals surface area (Å²) in [5.74, 6) is 0.201. The van der Waals surface area contributed by atoms with Gasteiger partial charge in [-0.25, -0.2) is 0 Å². The van der Waals surface area contributed by atoms with Crippen LogP contribution in [0.4, 0.5) is 0 Å². The normalized spacial score (nSPS) is 10.6. The molecule has 0 saturated carbocycles. The third-order valence-electron chi connectivity index (χ3n) is 2.69. The van der Waals surface area contributed by atoms with E-state index in [4.69, 9.17) is 4.74 Å². The molecule has 2 aromatic carbocycles. The molecule has 4 heteroatoms. The van der Waals surface area contributed by atoms with Gasteiger partial charge >= 0.3 is 116 Å². The molecule has 3 rings (SSSR count). The third-order valence-corrected chi connectivity index (χ3v) is 4.68. The summed E-state index contributed by atoms with van der Waals surface area (Å²) in [6.07, 6.45) is 0. The summed E-state index contributed by atoms with van der Waals surface area (Å²) < 4.78 is 7.75. The van der Waals surface area contributed by atoms with Crippen molar-refractivity contribution in [1.82, 2.24) is 4.98 Å². The number of benzene rings is 2. The van der Waals surface area contributed by atoms with Gasteiger partial charge in [0.05, 0.1) is 0 Å². The van der Waals surface area contributed by atoms with Crippen LogP contribution in [-0.4, -0.2) is 25.5 Å². The summed E-state index contributed by atoms with van der Waals surface area (Å²) >= 11 is 0.317. The van der Waals surface area contributed by atoms with Crippen LogP contribution in [0, 0.1) is 6.92 Å². The van der Waals surface area contributed by atoms with Crippen molar-refractivity contribution in [3.63, 3.8) is 0 Å². The molecular formula is C15H11NO2Se. The number of ether oxygens (including phenoxy) is 1. The van der Waals surface area contributed by atoms with Gasteiger partial charge in [-0.05, 0) is 0 Å². The summed E-state index contributed by atoms with van der Waals surface area (Å²) in [4.78, 5) is 16.4. The number of hydrogen-bond acceptors (Lipinski definition) is 3. The van der Waals surface area contributed by atoms with Crippen LogP contribution in [0.5, 0.6) is 5.75 Å². The van der Waals surface area contributed by atoms with Gasteiger partial charge in [0.1, 0.15) is 0 Å². The molecule has 1 aromatic heterocycles. The second kappa shape index (κ2) is 5.00. The number of rotatable bonds is 2. The Balaban J connectivity index is 1.87. The van der Waals surface area contributed by atoms with E-state index in [0.717, 1.165) is 10.1 Å². The summed E-state index contributed by atoms with van der Waals surface area (Å²) in [6, 6.07) is 14.6. The SMILES string of the molecule is Cc1nc2cc(OC(=O)c3ccccc3)ccc2[se]1. The Morgan fingerprint density at radius 1 is 1.16 bits per heavy atom. The van der Waals surface area contributed by atoms with Gasteiger partial charge in [0.15, 0.2) is 0 Å². The molecular weight excluding hydrogens is 305 g/mol. The number of hydrogen-bond donors (Lipinski definition) is 0. The standard InChI is InChI=1S/C15H11NO2Se/c1-10-16-13-9-12(7-8-14(13)19-10)18-15(17)11-5-3-2-4-6-11/h2-9H,1H3. The van der Waals surface area contributed by atoms with Crippen LogP contribution < -0.4 is 4.74 Å². The summed E-state index contributed by atoms with van der Waals surface area (Å²) in [7, 11) is 0. The predicted molar refractivity (Wildman–Crippen MR) is 74.8 cm³/mol. The van der Waals surface area contributed by atoms with Crippen LogP contribution in [0.25, 0.3) is 9.78 Å². The molecule has 3 aromatic rings. The molecule has 0 spiro atoms. The van der Waals surface area contributed by atoms with Crippen molar-refractivity contribution >= 4 is 30.2 Å². The molecule has 0 atom stereocenters. The van der Waals surface area contributed by atoms with Crippen molar-refractivity contribution in [1.29, 1.82) is 0 Å². The number of carbonyl (C=O) groups excluding carboxylic acids is 1. The van der Waals surface area contributed by atoms with Crippen molar-refractivity contribution in [2.45, 2.75) is 6.92 Å². The van der Waals surface area contributed by atoms with Crippen LogP contribution >= 0.6 is 0 Å². The Hall–Kier alpha value is -1.90. The van der Waals surface area contributed by atoms with Gasteiger partial charge < -0.3 is 0 Å². The minimum atomic E-state index is -0.343. The Morgan fingerprint density at radius 3 is 2.74 bits per heavy atom. The zero-order valence-electron chi connectivity index (χ0n) is 10.3. The van der Waals surface area contributed by atoms with Gasteiger partial charge in [-0.15, -0.1) is 0 Å². The van der Waals surface area contributed by atoms with Gasteiger partial charge in [-0.3, -0.25) is 0 Å². The molecule has 0 saturated heterocycles. The van der Waals surface area contributed by atoms with Gasteiger partial charge in [-0.1, -0.05) is 0 Å². The first-order valence-electron chi connectivity index (χ1n) is 5.87. The molecule has 0 aliphatic carbocycles. The predicted octanol–water partition coefficient (Wildman–Crippen LogP) is 2.82. The van der Waals surface area contributed by atoms with Crippen molar-refractivity contribution in [2.24, 2.45) is 0 Å². The van der Waals surface area contributed by atoms with E-state index >= 15 is 0 Å². The number of carbonyl (C=O) groups is 1. The van der Waals surface area contributed by atoms with Crippen molar-refractivity contribution in [2.75, 3.05) is 0 Å². The van der Waals surface area contributed by atoms with Gasteiger partial charge in [-0.2, -0.15) is 0 Å². The Kier molecular flexibility index (Phi) is 3.20. The van der Waals surface area contributed by atoms with Crippen LogP contribution in [0.2, 0.25) is 0 Å². The fourth-order valence-corrected chi connectivity index (χ4v) is 3.52. The summed E-state index contributed by atoms with van der Waals surface area (Å²) in [5.41, 5.74) is 1.47. The first kappa shape index (κ1) is 12.1. The van der Waals surface area contributed by atoms with Crippen LogP contribution in [-0.2, 0) is 0 Å². The Bertz CT molecular complexity index is 734. The van der Waals surface area contributed by atoms with Gasteiger partial charge in [0.2, 0.25) is 0 Å². The van der Waals surface area contributed by atoms with E-state index in [0.29, 0.717) is 25.8 Å². The van der Waals surface area contributed by atoms with E-state index in [1.165, 1.54) is 4.26 Å². The zero-order chi connectivity index (χ0) is 13.2. The fourth-order valence-electron chi connectivity index (χ4n) is 1.83. The average molecular weight is 316 g/mol. The molecule has 0 aliphatic heterocycles. The van der Waals surface area contributed by atoms with E-state index in [1.54, 1.807) is 12.1 Å². The molecule has 0 aliphatic rings. The van der Waals surface area contributed by atoms with E-state index in [-0.39, 0.29) is 5.97 Å². The van der Waals surface area contributed by atoms with Crippen molar-refractivity contribution < 1.29 is 9.53 Å². The average Bonchev–Trinajstić information content (AvgIpc) is 2.79. The zero-order valence-corrected chi connectivity index (χ0v) is 12.0. The molecule has 94 valence electrons. The van der Waals surface area contributed by atoms with E-state index in [2.05, 4.69) is 4.98 Å². The number of aromatic nitrogens is 1. The van der Waals surface area contributed by atoms with E-state index in [9.17, 15) is 4.79 Å². The molecule has 0 radical (unpaired) electrons. The topological polar surface area (TPSA) is 39.2 Å². The molecule has 0 amide bonds. The van der Waals surface area contributed by atoms with Gasteiger partial charge in [0.25, 0.3) is 0 Å². The first-order valence-corrected chi connectivity index (χ1v) is 7.58. The van der Waals surface area contributed by atoms with Crippen LogP contribution in [0.3, 0.4) is 0 Å². The number of aryl methyl sites for hydroxylation is 1. The minimum absolute atomic E-state index is 0.317. The van der Waals surface area contributed by atoms with Crippen molar-refractivity contribution in [3.05, 3.63) is 58.7 Å². The fraction of sp³-hybridized carbons (Fsp3) is 0.0667. The maximum absolute atomic E-state index is 11.9. The van der Waals surface area contributed by atoms with Gasteiger partial charge in [0, 0.05) is 0 Å².